The van der Waals surface area contributed by atoms with E-state index in [4.69, 9.17) is 9.97 Å². The maximum absolute atomic E-state index is 5.25. The van der Waals surface area contributed by atoms with Gasteiger partial charge >= 0.3 is 0 Å². The molecule has 0 unspecified atom stereocenters. The molecule has 0 aliphatic heterocycles. The number of rotatable bonds is 5. The lowest BCUT2D eigenvalue weighted by atomic mass is 9.81. The van der Waals surface area contributed by atoms with Gasteiger partial charge in [-0.05, 0) is 105 Å². The number of aromatic nitrogens is 4. The van der Waals surface area contributed by atoms with Crippen LogP contribution in [-0.4, -0.2) is 19.1 Å². The van der Waals surface area contributed by atoms with Crippen molar-refractivity contribution in [2.75, 3.05) is 0 Å². The molecule has 0 atom stereocenters. The van der Waals surface area contributed by atoms with E-state index >= 15 is 0 Å². The molecule has 0 N–H and O–H groups in total. The summed E-state index contributed by atoms with van der Waals surface area (Å²) in [5.74, 6) is 0.651. The van der Waals surface area contributed by atoms with Crippen LogP contribution in [-0.2, 0) is 5.41 Å². The maximum Gasteiger partial charge on any atom is 0.235 e. The molecule has 0 spiro atoms. The van der Waals surface area contributed by atoms with Gasteiger partial charge in [0.05, 0.1) is 27.8 Å². The summed E-state index contributed by atoms with van der Waals surface area (Å²) in [4.78, 5) is 10.1. The van der Waals surface area contributed by atoms with Crippen LogP contribution in [0.4, 0.5) is 0 Å². The summed E-state index contributed by atoms with van der Waals surface area (Å²) in [6.07, 6.45) is 1.88. The Labute approximate surface area is 342 Å². The number of para-hydroxylation sites is 3. The molecule has 3 heterocycles. The van der Waals surface area contributed by atoms with Crippen molar-refractivity contribution in [2.45, 2.75) is 19.3 Å². The van der Waals surface area contributed by atoms with Gasteiger partial charge in [-0.2, -0.15) is 0 Å². The number of nitrogens with zero attached hydrogens (tertiary/aromatic N) is 4. The van der Waals surface area contributed by atoms with Crippen molar-refractivity contribution < 1.29 is 0 Å². The van der Waals surface area contributed by atoms with Crippen molar-refractivity contribution in [3.8, 4) is 56.3 Å². The highest BCUT2D eigenvalue weighted by atomic mass is 15.2. The maximum atomic E-state index is 5.25. The summed E-state index contributed by atoms with van der Waals surface area (Å²) in [5.41, 5.74) is 17.7. The van der Waals surface area contributed by atoms with E-state index in [2.05, 4.69) is 205 Å². The SMILES string of the molecule is CC1(C)c2ccccc2-c2ccc(-c3cccc(-c4ccnc(-n5c6ccccc6c6cc(-c7ccc8c9ccccc9n(-c9ccccc9)c8c7)ccc65)n4)c3)cc21. The first-order valence-corrected chi connectivity index (χ1v) is 20.3. The van der Waals surface area contributed by atoms with Crippen molar-refractivity contribution in [3.63, 3.8) is 0 Å². The monoisotopic (exact) mass is 754 g/mol. The second kappa shape index (κ2) is 12.7. The lowest BCUT2D eigenvalue weighted by Crippen LogP contribution is -2.14. The number of hydrogen-bond acceptors (Lipinski definition) is 2. The van der Waals surface area contributed by atoms with Crippen molar-refractivity contribution in [2.24, 2.45) is 0 Å². The normalized spacial score (nSPS) is 13.1. The lowest BCUT2D eigenvalue weighted by Gasteiger charge is -2.22. The van der Waals surface area contributed by atoms with Crippen molar-refractivity contribution in [1.82, 2.24) is 19.1 Å². The first-order valence-electron chi connectivity index (χ1n) is 20.3. The van der Waals surface area contributed by atoms with Crippen LogP contribution in [0.5, 0.6) is 0 Å². The highest BCUT2D eigenvalue weighted by molar-refractivity contribution is 6.12. The fourth-order valence-corrected chi connectivity index (χ4v) is 9.73. The molecule has 1 aliphatic rings. The van der Waals surface area contributed by atoms with E-state index in [-0.39, 0.29) is 5.41 Å². The zero-order valence-corrected chi connectivity index (χ0v) is 32.8. The molecule has 0 saturated heterocycles. The molecule has 3 aromatic heterocycles. The molecule has 278 valence electrons. The number of benzene rings is 8. The van der Waals surface area contributed by atoms with E-state index in [1.54, 1.807) is 0 Å². The Hall–Kier alpha value is -7.56. The Bertz CT molecular complexity index is 3480. The number of fused-ring (bicyclic) bond motifs is 9. The first-order chi connectivity index (χ1) is 29.0. The van der Waals surface area contributed by atoms with Gasteiger partial charge in [0.25, 0.3) is 0 Å². The molecule has 12 rings (SSSR count). The molecule has 4 heteroatoms. The van der Waals surface area contributed by atoms with Crippen LogP contribution in [0.25, 0.3) is 99.9 Å². The molecular formula is C55H38N4. The van der Waals surface area contributed by atoms with E-state index in [0.717, 1.165) is 33.5 Å². The van der Waals surface area contributed by atoms with Crippen molar-refractivity contribution in [3.05, 3.63) is 205 Å². The van der Waals surface area contributed by atoms with Crippen molar-refractivity contribution in [1.29, 1.82) is 0 Å². The molecule has 4 nitrogen and oxygen atoms in total. The average Bonchev–Trinajstić information content (AvgIpc) is 3.89. The lowest BCUT2D eigenvalue weighted by molar-refractivity contribution is 0.660. The predicted octanol–water partition coefficient (Wildman–Crippen LogP) is 14.0. The van der Waals surface area contributed by atoms with Gasteiger partial charge in [0.2, 0.25) is 5.95 Å². The molecule has 59 heavy (non-hydrogen) atoms. The fourth-order valence-electron chi connectivity index (χ4n) is 9.73. The summed E-state index contributed by atoms with van der Waals surface area (Å²) in [7, 11) is 0. The van der Waals surface area contributed by atoms with Crippen LogP contribution in [0.1, 0.15) is 25.0 Å². The minimum atomic E-state index is -0.0541. The van der Waals surface area contributed by atoms with E-state index in [0.29, 0.717) is 5.95 Å². The first kappa shape index (κ1) is 33.6. The summed E-state index contributed by atoms with van der Waals surface area (Å²) >= 11 is 0. The third kappa shape index (κ3) is 5.09. The molecule has 0 fully saturated rings. The quantitative estimate of drug-likeness (QED) is 0.175. The largest absolute Gasteiger partial charge is 0.309 e. The summed E-state index contributed by atoms with van der Waals surface area (Å²) in [5, 5.41) is 4.83. The summed E-state index contributed by atoms with van der Waals surface area (Å²) < 4.78 is 4.59. The molecule has 0 bridgehead atoms. The summed E-state index contributed by atoms with van der Waals surface area (Å²) in [6, 6.07) is 68.1. The zero-order valence-electron chi connectivity index (χ0n) is 32.8. The second-order valence-corrected chi connectivity index (χ2v) is 16.3. The van der Waals surface area contributed by atoms with Crippen LogP contribution in [0, 0.1) is 0 Å². The molecule has 0 radical (unpaired) electrons. The van der Waals surface area contributed by atoms with Gasteiger partial charge in [0, 0.05) is 44.4 Å². The van der Waals surface area contributed by atoms with Gasteiger partial charge in [0.15, 0.2) is 0 Å². The molecular weight excluding hydrogens is 717 g/mol. The van der Waals surface area contributed by atoms with E-state index in [9.17, 15) is 0 Å². The van der Waals surface area contributed by atoms with Crippen LogP contribution in [0.15, 0.2) is 194 Å². The Morgan fingerprint density at radius 1 is 0.390 bits per heavy atom. The molecule has 0 saturated carbocycles. The van der Waals surface area contributed by atoms with E-state index in [1.807, 2.05) is 12.3 Å². The minimum Gasteiger partial charge on any atom is -0.309 e. The van der Waals surface area contributed by atoms with Crippen molar-refractivity contribution >= 4 is 43.6 Å². The molecule has 11 aromatic rings. The van der Waals surface area contributed by atoms with Gasteiger partial charge in [0.1, 0.15) is 0 Å². The third-order valence-electron chi connectivity index (χ3n) is 12.6. The molecule has 8 aromatic carbocycles. The van der Waals surface area contributed by atoms with Gasteiger partial charge in [-0.25, -0.2) is 9.97 Å². The molecule has 1 aliphatic carbocycles. The smallest absolute Gasteiger partial charge is 0.235 e. The predicted molar refractivity (Wildman–Crippen MR) is 245 cm³/mol. The third-order valence-corrected chi connectivity index (χ3v) is 12.6. The topological polar surface area (TPSA) is 35.6 Å². The number of hydrogen-bond donors (Lipinski definition) is 0. The van der Waals surface area contributed by atoms with Crippen LogP contribution >= 0.6 is 0 Å². The highest BCUT2D eigenvalue weighted by Crippen LogP contribution is 2.49. The zero-order chi connectivity index (χ0) is 39.2. The minimum absolute atomic E-state index is 0.0541. The van der Waals surface area contributed by atoms with Gasteiger partial charge in [-0.1, -0.05) is 141 Å². The highest BCUT2D eigenvalue weighted by Gasteiger charge is 2.35. The van der Waals surface area contributed by atoms with Gasteiger partial charge < -0.3 is 4.57 Å². The fraction of sp³-hybridized carbons (Fsp3) is 0.0545. The van der Waals surface area contributed by atoms with Gasteiger partial charge in [-0.15, -0.1) is 0 Å². The molecule has 0 amide bonds. The van der Waals surface area contributed by atoms with Gasteiger partial charge in [-0.3, -0.25) is 4.57 Å². The standard InChI is InChI=1S/C55H38N4/c1-55(2)47-20-9-6-17-41(47)42-26-23-37(33-48(42)55)35-13-12-14-39(31-35)49-29-30-56-54(57-49)59-51-22-11-8-19-44(51)46-32-36(25-28-52(46)59)38-24-27-45-43-18-7-10-21-50(43)58(53(45)34-38)40-15-4-3-5-16-40/h3-34H,1-2H3. The Kier molecular flexibility index (Phi) is 7.24. The van der Waals surface area contributed by atoms with E-state index in [1.165, 1.54) is 71.5 Å². The second-order valence-electron chi connectivity index (χ2n) is 16.3. The Morgan fingerprint density at radius 2 is 1.00 bits per heavy atom. The van der Waals surface area contributed by atoms with E-state index < -0.39 is 0 Å². The summed E-state index contributed by atoms with van der Waals surface area (Å²) in [6.45, 7) is 4.67. The van der Waals surface area contributed by atoms with Crippen LogP contribution in [0.2, 0.25) is 0 Å². The Morgan fingerprint density at radius 3 is 1.86 bits per heavy atom. The van der Waals surface area contributed by atoms with Crippen LogP contribution < -0.4 is 0 Å². The van der Waals surface area contributed by atoms with Crippen LogP contribution in [0.3, 0.4) is 0 Å². The Balaban J connectivity index is 0.945. The average molecular weight is 755 g/mol.